The fraction of sp³-hybridized carbons (Fsp3) is 0.353. The lowest BCUT2D eigenvalue weighted by Crippen LogP contribution is -2.14. The average Bonchev–Trinajstić information content (AvgIpc) is 4.21. The lowest BCUT2D eigenvalue weighted by Gasteiger charge is -2.24. The normalized spacial score (nSPS) is 13.1. The van der Waals surface area contributed by atoms with Gasteiger partial charge in [0.2, 0.25) is 0 Å². The molecule has 0 saturated carbocycles. The quantitative estimate of drug-likeness (QED) is 0.127. The molecule has 2 aliphatic heterocycles. The summed E-state index contributed by atoms with van der Waals surface area (Å²) in [5, 5.41) is 0. The summed E-state index contributed by atoms with van der Waals surface area (Å²) in [6.07, 6.45) is 8.68. The molecular formula is C68H78N4O4. The zero-order chi connectivity index (χ0) is 54.5. The Morgan fingerprint density at radius 1 is 0.316 bits per heavy atom. The molecule has 8 heteroatoms. The number of ether oxygens (including phenoxy) is 4. The van der Waals surface area contributed by atoms with Gasteiger partial charge in [-0.15, -0.1) is 0 Å². The molecule has 0 fully saturated rings. The lowest BCUT2D eigenvalue weighted by molar-refractivity contribution is 0.180. The van der Waals surface area contributed by atoms with Gasteiger partial charge in [0.15, 0.2) is 0 Å². The van der Waals surface area contributed by atoms with Crippen molar-refractivity contribution in [2.75, 3.05) is 28.4 Å². The second-order valence-corrected chi connectivity index (χ2v) is 24.7. The molecule has 0 radical (unpaired) electrons. The molecule has 4 aromatic carbocycles. The monoisotopic (exact) mass is 1010 g/mol. The molecule has 0 amide bonds. The first-order valence-electron chi connectivity index (χ1n) is 26.7. The van der Waals surface area contributed by atoms with E-state index in [4.69, 9.17) is 28.9 Å². The van der Waals surface area contributed by atoms with Crippen LogP contribution in [0.3, 0.4) is 0 Å². The van der Waals surface area contributed by atoms with Gasteiger partial charge in [0, 0.05) is 72.8 Å². The number of benzene rings is 4. The van der Waals surface area contributed by atoms with Gasteiger partial charge in [0.05, 0.1) is 49.2 Å². The molecule has 2 aliphatic rings. The van der Waals surface area contributed by atoms with Gasteiger partial charge in [0.25, 0.3) is 0 Å². The molecule has 394 valence electrons. The summed E-state index contributed by atoms with van der Waals surface area (Å²) in [5.41, 5.74) is 24.0. The van der Waals surface area contributed by atoms with Crippen LogP contribution in [0.15, 0.2) is 97.1 Å². The Morgan fingerprint density at radius 3 is 0.816 bits per heavy atom. The number of rotatable bonds is 12. The number of nitrogens with one attached hydrogen (secondary N) is 2. The summed E-state index contributed by atoms with van der Waals surface area (Å²) >= 11 is 0. The van der Waals surface area contributed by atoms with Crippen LogP contribution in [0.4, 0.5) is 0 Å². The number of fused-ring (bicyclic) bond motifs is 8. The molecule has 0 unspecified atom stereocenters. The van der Waals surface area contributed by atoms with Gasteiger partial charge >= 0.3 is 0 Å². The van der Waals surface area contributed by atoms with Gasteiger partial charge in [0.1, 0.15) is 0 Å². The van der Waals surface area contributed by atoms with Gasteiger partial charge < -0.3 is 28.9 Å². The van der Waals surface area contributed by atoms with Crippen LogP contribution in [0.2, 0.25) is 0 Å². The van der Waals surface area contributed by atoms with Crippen LogP contribution in [0.25, 0.3) is 90.9 Å². The molecule has 0 saturated heterocycles. The average molecular weight is 1020 g/mol. The molecule has 3 aromatic heterocycles. The van der Waals surface area contributed by atoms with E-state index < -0.39 is 0 Å². The maximum atomic E-state index is 6.06. The van der Waals surface area contributed by atoms with Crippen molar-refractivity contribution in [1.29, 1.82) is 0 Å². The van der Waals surface area contributed by atoms with Crippen molar-refractivity contribution in [3.63, 3.8) is 0 Å². The van der Waals surface area contributed by atoms with E-state index in [9.17, 15) is 0 Å². The predicted molar refractivity (Wildman–Crippen MR) is 318 cm³/mol. The zero-order valence-electron chi connectivity index (χ0n) is 47.9. The molecular weight excluding hydrogens is 937 g/mol. The Morgan fingerprint density at radius 2 is 0.566 bits per heavy atom. The first-order chi connectivity index (χ1) is 36.0. The standard InChI is InChI=1S/C68H78N4O4/c1-65(2,3)47-21-17-41(18-22-47)61-51-25-29-55(69-51)63(59-43(37-73-13)33-49(67(7,8)9)34-44(59)38-74-14)57-31-27-53(71-57)62(42-19-23-48(24-20-42)66(4,5)6)54-28-32-58(72-54)64(56-30-26-52(61)70-56)60-45(39-75-15)35-50(68(10,11)12)36-46(60)40-76-16/h17-36,69,72H,37-40H2,1-16H3. The highest BCUT2D eigenvalue weighted by molar-refractivity contribution is 6.01. The van der Waals surface area contributed by atoms with Crippen LogP contribution in [0.5, 0.6) is 0 Å². The first kappa shape index (κ1) is 54.1. The molecule has 0 atom stereocenters. The highest BCUT2D eigenvalue weighted by Crippen LogP contribution is 2.44. The minimum absolute atomic E-state index is 0.0269. The SMILES string of the molecule is COCc1cc(C(C)(C)C)cc(COC)c1-c1c2nc(c(-c3ccc(C(C)(C)C)cc3)c3ccc([nH]3)c(-c3c(COC)cc(C(C)(C)C)cc3COC)c3nc(c(-c4ccc(C(C)(C)C)cc4)c4ccc1[nH]4)C=C3)C=C2. The van der Waals surface area contributed by atoms with E-state index in [1.807, 2.05) is 0 Å². The maximum Gasteiger partial charge on any atom is 0.0737 e. The zero-order valence-corrected chi connectivity index (χ0v) is 47.9. The van der Waals surface area contributed by atoms with E-state index in [0.29, 0.717) is 26.4 Å². The molecule has 5 heterocycles. The number of methoxy groups -OCH3 is 4. The number of nitrogens with zero attached hydrogens (tertiary/aromatic N) is 2. The lowest BCUT2D eigenvalue weighted by atomic mass is 9.82. The Kier molecular flexibility index (Phi) is 15.0. The Labute approximate surface area is 451 Å². The highest BCUT2D eigenvalue weighted by Gasteiger charge is 2.27. The summed E-state index contributed by atoms with van der Waals surface area (Å²) in [5.74, 6) is 0. The maximum absolute atomic E-state index is 6.06. The van der Waals surface area contributed by atoms with Crippen molar-refractivity contribution >= 4 is 46.4 Å². The van der Waals surface area contributed by atoms with E-state index in [2.05, 4.69) is 214 Å². The van der Waals surface area contributed by atoms with Crippen LogP contribution in [-0.2, 0) is 67.0 Å². The van der Waals surface area contributed by atoms with Crippen molar-refractivity contribution in [2.24, 2.45) is 0 Å². The topological polar surface area (TPSA) is 94.3 Å². The van der Waals surface area contributed by atoms with E-state index in [-0.39, 0.29) is 21.7 Å². The van der Waals surface area contributed by atoms with Gasteiger partial charge in [-0.3, -0.25) is 0 Å². The van der Waals surface area contributed by atoms with Crippen molar-refractivity contribution in [3.05, 3.63) is 164 Å². The molecule has 8 nitrogen and oxygen atoms in total. The van der Waals surface area contributed by atoms with Crippen LogP contribution in [0, 0.1) is 0 Å². The van der Waals surface area contributed by atoms with Crippen molar-refractivity contribution in [1.82, 2.24) is 19.9 Å². The first-order valence-corrected chi connectivity index (χ1v) is 26.7. The largest absolute Gasteiger partial charge is 0.380 e. The molecule has 8 bridgehead atoms. The minimum atomic E-state index is -0.122. The summed E-state index contributed by atoms with van der Waals surface area (Å²) < 4.78 is 24.2. The van der Waals surface area contributed by atoms with Crippen LogP contribution < -0.4 is 0 Å². The smallest absolute Gasteiger partial charge is 0.0737 e. The number of H-pyrrole nitrogens is 2. The number of aromatic nitrogens is 4. The van der Waals surface area contributed by atoms with E-state index in [1.54, 1.807) is 28.4 Å². The second kappa shape index (κ2) is 21.0. The van der Waals surface area contributed by atoms with E-state index in [0.717, 1.165) is 112 Å². The Hall–Kier alpha value is -6.68. The van der Waals surface area contributed by atoms with Gasteiger partial charge in [-0.05, 0) is 137 Å². The van der Waals surface area contributed by atoms with Crippen LogP contribution in [0.1, 0.15) is 150 Å². The second-order valence-electron chi connectivity index (χ2n) is 24.7. The summed E-state index contributed by atoms with van der Waals surface area (Å²) in [6.45, 7) is 28.6. The van der Waals surface area contributed by atoms with Crippen molar-refractivity contribution < 1.29 is 18.9 Å². The molecule has 76 heavy (non-hydrogen) atoms. The highest BCUT2D eigenvalue weighted by atomic mass is 16.5. The molecule has 9 rings (SSSR count). The summed E-state index contributed by atoms with van der Waals surface area (Å²) in [4.78, 5) is 19.5. The third-order valence-corrected chi connectivity index (χ3v) is 14.9. The molecule has 0 spiro atoms. The Balaban J connectivity index is 1.51. The van der Waals surface area contributed by atoms with Crippen molar-refractivity contribution in [3.8, 4) is 44.5 Å². The summed E-state index contributed by atoms with van der Waals surface area (Å²) in [6, 6.07) is 36.0. The fourth-order valence-corrected chi connectivity index (χ4v) is 10.7. The molecule has 0 aliphatic carbocycles. The fourth-order valence-electron chi connectivity index (χ4n) is 10.7. The number of hydrogen-bond acceptors (Lipinski definition) is 6. The van der Waals surface area contributed by atoms with E-state index in [1.165, 1.54) is 22.3 Å². The predicted octanol–water partition coefficient (Wildman–Crippen LogP) is 17.1. The van der Waals surface area contributed by atoms with Gasteiger partial charge in [-0.25, -0.2) is 9.97 Å². The summed E-state index contributed by atoms with van der Waals surface area (Å²) in [7, 11) is 7.07. The van der Waals surface area contributed by atoms with Crippen LogP contribution in [-0.4, -0.2) is 48.4 Å². The number of aromatic amines is 2. The third kappa shape index (κ3) is 10.8. The van der Waals surface area contributed by atoms with Gasteiger partial charge in [-0.1, -0.05) is 156 Å². The molecule has 2 N–H and O–H groups in total. The minimum Gasteiger partial charge on any atom is -0.380 e. The number of hydrogen-bond donors (Lipinski definition) is 2. The Bertz CT molecular complexity index is 3250. The van der Waals surface area contributed by atoms with Crippen LogP contribution >= 0.6 is 0 Å². The molecule has 7 aromatic rings. The third-order valence-electron chi connectivity index (χ3n) is 14.9. The van der Waals surface area contributed by atoms with Crippen molar-refractivity contribution in [2.45, 2.75) is 131 Å². The van der Waals surface area contributed by atoms with Gasteiger partial charge in [-0.2, -0.15) is 0 Å². The van der Waals surface area contributed by atoms with E-state index >= 15 is 0 Å².